The molecule has 0 bridgehead atoms. The summed E-state index contributed by atoms with van der Waals surface area (Å²) >= 11 is 0. The summed E-state index contributed by atoms with van der Waals surface area (Å²) in [4.78, 5) is 30.2. The van der Waals surface area contributed by atoms with Gasteiger partial charge in [-0.3, -0.25) is 9.59 Å². The van der Waals surface area contributed by atoms with Gasteiger partial charge < -0.3 is 29.1 Å². The smallest absolute Gasteiger partial charge is 0.295 e. The Balaban J connectivity index is 2.12. The van der Waals surface area contributed by atoms with Crippen molar-refractivity contribution in [3.05, 3.63) is 59.2 Å². The summed E-state index contributed by atoms with van der Waals surface area (Å²) in [5.41, 5.74) is 1.14. The minimum atomic E-state index is -0.767. The van der Waals surface area contributed by atoms with Crippen LogP contribution in [-0.4, -0.2) is 73.1 Å². The number of Topliss-reactive ketones (excluding diaryl/α,β-unsaturated/α-hetero) is 1. The van der Waals surface area contributed by atoms with E-state index in [0.717, 1.165) is 13.1 Å². The molecule has 2 aromatic carbocycles. The summed E-state index contributed by atoms with van der Waals surface area (Å²) in [6.45, 7) is 11.5. The van der Waals surface area contributed by atoms with E-state index in [2.05, 4.69) is 18.7 Å². The first-order chi connectivity index (χ1) is 17.4. The fourth-order valence-corrected chi connectivity index (χ4v) is 4.41. The number of ketones is 1. The van der Waals surface area contributed by atoms with Gasteiger partial charge in [0.05, 0.1) is 31.9 Å². The molecule has 194 valence electrons. The van der Waals surface area contributed by atoms with E-state index >= 15 is 0 Å². The Morgan fingerprint density at radius 2 is 1.61 bits per heavy atom. The molecule has 1 heterocycles. The van der Waals surface area contributed by atoms with Crippen LogP contribution in [0.4, 0.5) is 0 Å². The van der Waals surface area contributed by atoms with E-state index in [4.69, 9.17) is 14.2 Å². The van der Waals surface area contributed by atoms with Gasteiger partial charge in [0.25, 0.3) is 11.7 Å². The van der Waals surface area contributed by atoms with Crippen molar-refractivity contribution in [2.45, 2.75) is 33.7 Å². The van der Waals surface area contributed by atoms with E-state index in [-0.39, 0.29) is 11.3 Å². The number of carbonyl (C=O) groups is 2. The molecule has 0 aliphatic carbocycles. The Hall–Kier alpha value is -3.52. The zero-order valence-corrected chi connectivity index (χ0v) is 21.7. The van der Waals surface area contributed by atoms with Crippen molar-refractivity contribution in [1.82, 2.24) is 9.80 Å². The van der Waals surface area contributed by atoms with Crippen molar-refractivity contribution in [2.75, 3.05) is 46.5 Å². The van der Waals surface area contributed by atoms with Crippen molar-refractivity contribution in [2.24, 2.45) is 0 Å². The lowest BCUT2D eigenvalue weighted by atomic mass is 9.95. The highest BCUT2D eigenvalue weighted by Gasteiger charge is 2.46. The number of hydrogen-bond donors (Lipinski definition) is 1. The van der Waals surface area contributed by atoms with Crippen LogP contribution < -0.4 is 14.2 Å². The molecule has 1 saturated heterocycles. The molecule has 1 aliphatic rings. The van der Waals surface area contributed by atoms with E-state index in [0.29, 0.717) is 54.7 Å². The summed E-state index contributed by atoms with van der Waals surface area (Å²) < 4.78 is 16.7. The normalized spacial score (nSPS) is 17.1. The molecule has 36 heavy (non-hydrogen) atoms. The number of likely N-dealkylation sites (N-methyl/N-ethyl adjacent to an activating group) is 1. The molecular formula is C28H36N2O6. The molecule has 1 atom stereocenters. The molecule has 0 radical (unpaired) electrons. The van der Waals surface area contributed by atoms with E-state index in [1.807, 2.05) is 13.8 Å². The third-order valence-corrected chi connectivity index (χ3v) is 6.33. The Labute approximate surface area is 213 Å². The second-order valence-corrected chi connectivity index (χ2v) is 8.32. The third kappa shape index (κ3) is 5.65. The van der Waals surface area contributed by atoms with Crippen molar-refractivity contribution in [3.8, 4) is 17.2 Å². The van der Waals surface area contributed by atoms with Crippen LogP contribution in [0.3, 0.4) is 0 Å². The minimum absolute atomic E-state index is 0.0509. The number of rotatable bonds is 12. The van der Waals surface area contributed by atoms with Gasteiger partial charge in [-0.05, 0) is 68.9 Å². The highest BCUT2D eigenvalue weighted by molar-refractivity contribution is 6.46. The molecule has 8 heteroatoms. The lowest BCUT2D eigenvalue weighted by Crippen LogP contribution is -2.38. The van der Waals surface area contributed by atoms with Gasteiger partial charge in [0.15, 0.2) is 11.5 Å². The van der Waals surface area contributed by atoms with E-state index in [1.54, 1.807) is 49.6 Å². The van der Waals surface area contributed by atoms with E-state index < -0.39 is 17.7 Å². The predicted molar refractivity (Wildman–Crippen MR) is 139 cm³/mol. The lowest BCUT2D eigenvalue weighted by molar-refractivity contribution is -0.140. The molecule has 2 aromatic rings. The maximum atomic E-state index is 13.3. The highest BCUT2D eigenvalue weighted by Crippen LogP contribution is 2.42. The number of likely N-dealkylation sites (tertiary alicyclic amines) is 1. The average Bonchev–Trinajstić information content (AvgIpc) is 3.15. The van der Waals surface area contributed by atoms with Gasteiger partial charge >= 0.3 is 0 Å². The number of methoxy groups -OCH3 is 1. The fraction of sp³-hybridized carbons (Fsp3) is 0.429. The second-order valence-electron chi connectivity index (χ2n) is 8.32. The summed E-state index contributed by atoms with van der Waals surface area (Å²) in [6, 6.07) is 11.4. The zero-order valence-electron chi connectivity index (χ0n) is 21.7. The number of benzene rings is 2. The third-order valence-electron chi connectivity index (χ3n) is 6.33. The van der Waals surface area contributed by atoms with Crippen molar-refractivity contribution < 1.29 is 28.9 Å². The molecule has 0 aromatic heterocycles. The van der Waals surface area contributed by atoms with Crippen LogP contribution in [0.5, 0.6) is 17.2 Å². The zero-order chi connectivity index (χ0) is 26.2. The summed E-state index contributed by atoms with van der Waals surface area (Å²) in [5, 5.41) is 11.3. The van der Waals surface area contributed by atoms with Gasteiger partial charge in [-0.1, -0.05) is 19.9 Å². The molecule has 1 amide bonds. The van der Waals surface area contributed by atoms with Crippen molar-refractivity contribution in [3.63, 3.8) is 0 Å². The Bertz CT molecular complexity index is 1090. The van der Waals surface area contributed by atoms with Gasteiger partial charge in [-0.2, -0.15) is 0 Å². The minimum Gasteiger partial charge on any atom is -0.507 e. The maximum Gasteiger partial charge on any atom is 0.295 e. The number of aliphatic hydroxyl groups excluding tert-OH is 1. The van der Waals surface area contributed by atoms with E-state index in [9.17, 15) is 14.7 Å². The number of amides is 1. The van der Waals surface area contributed by atoms with Crippen LogP contribution in [0.15, 0.2) is 48.0 Å². The molecule has 0 spiro atoms. The van der Waals surface area contributed by atoms with Gasteiger partial charge in [0.1, 0.15) is 11.5 Å². The quantitative estimate of drug-likeness (QED) is 0.267. The van der Waals surface area contributed by atoms with Crippen LogP contribution in [0.25, 0.3) is 5.76 Å². The Morgan fingerprint density at radius 1 is 0.944 bits per heavy atom. The topological polar surface area (TPSA) is 88.5 Å². The first kappa shape index (κ1) is 27.1. The standard InChI is InChI=1S/C28H36N2O6/c1-6-29(7-2)16-17-30-25(20-12-15-22(36-9-4)23(18-20)34-5)24(27(32)28(30)33)26(31)19-10-13-21(14-11-19)35-8-3/h10-15,18,25,31H,6-9,16-17H2,1-5H3/b26-24+/t25-/m1/s1. The van der Waals surface area contributed by atoms with Crippen LogP contribution >= 0.6 is 0 Å². The Kier molecular flexibility index (Phi) is 9.36. The SMILES string of the molecule is CCOc1ccc(/C(O)=C2\C(=O)C(=O)N(CCN(CC)CC)[C@@H]2c2ccc(OCC)c(OC)c2)cc1. The lowest BCUT2D eigenvalue weighted by Gasteiger charge is -2.28. The largest absolute Gasteiger partial charge is 0.507 e. The van der Waals surface area contributed by atoms with Crippen LogP contribution in [0.2, 0.25) is 0 Å². The second kappa shape index (κ2) is 12.4. The van der Waals surface area contributed by atoms with E-state index in [1.165, 1.54) is 4.90 Å². The van der Waals surface area contributed by atoms with Gasteiger partial charge in [0, 0.05) is 18.7 Å². The molecule has 0 unspecified atom stereocenters. The number of nitrogens with zero attached hydrogens (tertiary/aromatic N) is 2. The maximum absolute atomic E-state index is 13.3. The molecule has 1 N–H and O–H groups in total. The van der Waals surface area contributed by atoms with Crippen LogP contribution in [0, 0.1) is 0 Å². The first-order valence-corrected chi connectivity index (χ1v) is 12.4. The average molecular weight is 497 g/mol. The predicted octanol–water partition coefficient (Wildman–Crippen LogP) is 4.26. The van der Waals surface area contributed by atoms with Crippen LogP contribution in [0.1, 0.15) is 44.9 Å². The van der Waals surface area contributed by atoms with Crippen LogP contribution in [-0.2, 0) is 9.59 Å². The number of aliphatic hydroxyl groups is 1. The number of carbonyl (C=O) groups excluding carboxylic acids is 2. The van der Waals surface area contributed by atoms with Gasteiger partial charge in [-0.25, -0.2) is 0 Å². The highest BCUT2D eigenvalue weighted by atomic mass is 16.5. The molecule has 0 saturated carbocycles. The molecule has 1 fully saturated rings. The summed E-state index contributed by atoms with van der Waals surface area (Å²) in [7, 11) is 1.54. The molecule has 3 rings (SSSR count). The van der Waals surface area contributed by atoms with Gasteiger partial charge in [-0.15, -0.1) is 0 Å². The van der Waals surface area contributed by atoms with Crippen molar-refractivity contribution in [1.29, 1.82) is 0 Å². The fourth-order valence-electron chi connectivity index (χ4n) is 4.41. The monoisotopic (exact) mass is 496 g/mol. The molecule has 1 aliphatic heterocycles. The molecule has 8 nitrogen and oxygen atoms in total. The summed E-state index contributed by atoms with van der Waals surface area (Å²) in [6.07, 6.45) is 0. The number of hydrogen-bond acceptors (Lipinski definition) is 7. The summed E-state index contributed by atoms with van der Waals surface area (Å²) in [5.74, 6) is 0.146. The van der Waals surface area contributed by atoms with Gasteiger partial charge in [0.2, 0.25) is 0 Å². The first-order valence-electron chi connectivity index (χ1n) is 12.4. The van der Waals surface area contributed by atoms with Crippen molar-refractivity contribution >= 4 is 17.4 Å². The number of ether oxygens (including phenoxy) is 3. The Morgan fingerprint density at radius 3 is 2.19 bits per heavy atom. The molecular weight excluding hydrogens is 460 g/mol.